The van der Waals surface area contributed by atoms with E-state index in [2.05, 4.69) is 25.6 Å². The summed E-state index contributed by atoms with van der Waals surface area (Å²) in [7, 11) is 0. The average molecular weight is 789 g/mol. The van der Waals surface area contributed by atoms with E-state index in [0.717, 1.165) is 22.3 Å². The molecule has 58 heavy (non-hydrogen) atoms. The van der Waals surface area contributed by atoms with Crippen molar-refractivity contribution in [2.75, 3.05) is 0 Å². The number of nitrogens with one attached hydrogen (secondary N) is 4. The largest absolute Gasteiger partial charge is 0.387 e. The number of hydrogen-bond acceptors (Lipinski definition) is 6. The van der Waals surface area contributed by atoms with E-state index in [9.17, 15) is 28.6 Å². The number of benzene rings is 4. The van der Waals surface area contributed by atoms with Crippen LogP contribution in [0.15, 0.2) is 109 Å². The standard InChI is InChI=1S/C46H50F2N6O4/c1-44(2,3)38(54-43(58)46(6,7)40(56)32-13-9-11-15-34(32)48)41-50-25-36(53-41)30-22-18-28(19-23-30)27-16-20-29(21-17-27)35-24-49-37(52-35)26-51-42(57)45(4,5)39(55)31-12-8-10-14-33(31)47/h8-25,38-40,55-56H,26H2,1-7H3,(H,49,52)(H,50,53)(H,51,57)(H,54,58). The lowest BCUT2D eigenvalue weighted by atomic mass is 9.79. The molecule has 4 aromatic carbocycles. The number of aliphatic hydroxyl groups excluding tert-OH is 2. The van der Waals surface area contributed by atoms with Crippen molar-refractivity contribution in [2.45, 2.75) is 73.3 Å². The molecule has 2 aromatic heterocycles. The van der Waals surface area contributed by atoms with Crippen molar-refractivity contribution >= 4 is 11.8 Å². The number of nitrogens with zero attached hydrogens (tertiary/aromatic N) is 2. The highest BCUT2D eigenvalue weighted by Gasteiger charge is 2.41. The molecule has 0 bridgehead atoms. The van der Waals surface area contributed by atoms with Crippen molar-refractivity contribution in [1.29, 1.82) is 0 Å². The van der Waals surface area contributed by atoms with Crippen LogP contribution >= 0.6 is 0 Å². The zero-order valence-corrected chi connectivity index (χ0v) is 33.7. The fourth-order valence-corrected chi connectivity index (χ4v) is 6.72. The molecule has 0 aliphatic heterocycles. The van der Waals surface area contributed by atoms with Crippen LogP contribution < -0.4 is 10.6 Å². The van der Waals surface area contributed by atoms with Gasteiger partial charge in [-0.2, -0.15) is 0 Å². The maximum atomic E-state index is 14.5. The van der Waals surface area contributed by atoms with Crippen LogP contribution in [0, 0.1) is 27.9 Å². The minimum absolute atomic E-state index is 0.0597. The first-order valence-corrected chi connectivity index (χ1v) is 19.1. The first-order valence-electron chi connectivity index (χ1n) is 19.1. The summed E-state index contributed by atoms with van der Waals surface area (Å²) < 4.78 is 28.8. The number of H-pyrrole nitrogens is 2. The Balaban J connectivity index is 1.08. The lowest BCUT2D eigenvalue weighted by Crippen LogP contribution is -2.46. The number of aromatic amines is 2. The number of imidazole rings is 2. The topological polar surface area (TPSA) is 156 Å². The molecular formula is C46H50F2N6O4. The van der Waals surface area contributed by atoms with Gasteiger partial charge in [0.25, 0.3) is 0 Å². The van der Waals surface area contributed by atoms with Crippen LogP contribution in [0.25, 0.3) is 33.6 Å². The number of hydrogen-bond donors (Lipinski definition) is 6. The zero-order chi connectivity index (χ0) is 42.0. The monoisotopic (exact) mass is 788 g/mol. The average Bonchev–Trinajstić information content (AvgIpc) is 3.89. The second-order valence-corrected chi connectivity index (χ2v) is 16.8. The van der Waals surface area contributed by atoms with Gasteiger partial charge in [0.05, 0.1) is 47.0 Å². The fourth-order valence-electron chi connectivity index (χ4n) is 6.72. The normalized spacial score (nSPS) is 13.8. The van der Waals surface area contributed by atoms with Crippen LogP contribution in [0.4, 0.5) is 8.78 Å². The molecule has 6 aromatic rings. The van der Waals surface area contributed by atoms with Gasteiger partial charge >= 0.3 is 0 Å². The molecule has 0 fully saturated rings. The number of aromatic nitrogens is 4. The van der Waals surface area contributed by atoms with Gasteiger partial charge in [0.15, 0.2) is 0 Å². The van der Waals surface area contributed by atoms with Crippen molar-refractivity contribution in [3.8, 4) is 33.6 Å². The molecule has 0 saturated heterocycles. The van der Waals surface area contributed by atoms with Gasteiger partial charge in [-0.15, -0.1) is 0 Å². The summed E-state index contributed by atoms with van der Waals surface area (Å²) in [4.78, 5) is 42.5. The van der Waals surface area contributed by atoms with Crippen LogP contribution in [0.1, 0.15) is 89.5 Å². The summed E-state index contributed by atoms with van der Waals surface area (Å²) in [6, 6.07) is 27.1. The Morgan fingerprint density at radius 3 is 1.53 bits per heavy atom. The van der Waals surface area contributed by atoms with Crippen LogP contribution in [0.3, 0.4) is 0 Å². The molecule has 3 unspecified atom stereocenters. The Morgan fingerprint density at radius 1 is 0.621 bits per heavy atom. The van der Waals surface area contributed by atoms with Crippen LogP contribution in [-0.4, -0.2) is 42.0 Å². The van der Waals surface area contributed by atoms with Crippen molar-refractivity contribution in [2.24, 2.45) is 16.2 Å². The summed E-state index contributed by atoms with van der Waals surface area (Å²) in [6.45, 7) is 12.4. The zero-order valence-electron chi connectivity index (χ0n) is 33.7. The molecule has 0 spiro atoms. The van der Waals surface area contributed by atoms with Gasteiger partial charge in [-0.25, -0.2) is 18.7 Å². The van der Waals surface area contributed by atoms with E-state index in [0.29, 0.717) is 23.0 Å². The molecule has 6 rings (SSSR count). The van der Waals surface area contributed by atoms with E-state index >= 15 is 0 Å². The van der Waals surface area contributed by atoms with Crippen LogP contribution in [0.2, 0.25) is 0 Å². The van der Waals surface area contributed by atoms with Gasteiger partial charge in [-0.1, -0.05) is 106 Å². The summed E-state index contributed by atoms with van der Waals surface area (Å²) in [5.74, 6) is -0.944. The van der Waals surface area contributed by atoms with Gasteiger partial charge in [0.1, 0.15) is 23.3 Å². The number of halogens is 2. The highest BCUT2D eigenvalue weighted by atomic mass is 19.1. The third-order valence-electron chi connectivity index (χ3n) is 10.7. The first kappa shape index (κ1) is 41.6. The van der Waals surface area contributed by atoms with Crippen LogP contribution in [-0.2, 0) is 16.1 Å². The molecule has 302 valence electrons. The maximum absolute atomic E-state index is 14.5. The van der Waals surface area contributed by atoms with Gasteiger partial charge in [-0.3, -0.25) is 9.59 Å². The SMILES string of the molecule is CC(C)(C)C(NC(=O)C(C)(C)C(O)c1ccccc1F)c1nc(-c2ccc(-c3ccc(-c4c[nH]c(CNC(=O)C(C)(C)C(O)c5ccccc5F)n4)cc3)cc2)c[nH]1. The number of carbonyl (C=O) groups excluding carboxylic acids is 2. The lowest BCUT2D eigenvalue weighted by Gasteiger charge is -2.35. The molecule has 0 saturated carbocycles. The predicted molar refractivity (Wildman–Crippen MR) is 220 cm³/mol. The minimum atomic E-state index is -1.36. The highest BCUT2D eigenvalue weighted by molar-refractivity contribution is 5.83. The second kappa shape index (κ2) is 16.5. The first-order chi connectivity index (χ1) is 27.4. The number of carbonyl (C=O) groups is 2. The number of rotatable bonds is 13. The Hall–Kier alpha value is -5.98. The van der Waals surface area contributed by atoms with E-state index in [1.54, 1.807) is 52.2 Å². The smallest absolute Gasteiger partial charge is 0.229 e. The van der Waals surface area contributed by atoms with Gasteiger partial charge in [0, 0.05) is 34.6 Å². The van der Waals surface area contributed by atoms with E-state index in [4.69, 9.17) is 4.98 Å². The van der Waals surface area contributed by atoms with Crippen molar-refractivity contribution in [1.82, 2.24) is 30.6 Å². The predicted octanol–water partition coefficient (Wildman–Crippen LogP) is 8.75. The Labute approximate surface area is 337 Å². The molecule has 2 heterocycles. The molecule has 0 aliphatic carbocycles. The molecule has 12 heteroatoms. The van der Waals surface area contributed by atoms with Gasteiger partial charge in [0.2, 0.25) is 11.8 Å². The van der Waals surface area contributed by atoms with Crippen molar-refractivity contribution < 1.29 is 28.6 Å². The van der Waals surface area contributed by atoms with Gasteiger partial charge < -0.3 is 30.8 Å². The molecule has 0 aliphatic rings. The Bertz CT molecular complexity index is 2380. The summed E-state index contributed by atoms with van der Waals surface area (Å²) in [5, 5.41) is 27.7. The molecule has 2 amide bonds. The van der Waals surface area contributed by atoms with E-state index < -0.39 is 57.9 Å². The Morgan fingerprint density at radius 2 is 1.05 bits per heavy atom. The molecule has 6 N–H and O–H groups in total. The number of amides is 2. The summed E-state index contributed by atoms with van der Waals surface area (Å²) >= 11 is 0. The van der Waals surface area contributed by atoms with E-state index in [1.165, 1.54) is 36.4 Å². The summed E-state index contributed by atoms with van der Waals surface area (Å²) in [6.07, 6.45) is 0.853. The molecule has 10 nitrogen and oxygen atoms in total. The minimum Gasteiger partial charge on any atom is -0.387 e. The van der Waals surface area contributed by atoms with E-state index in [-0.39, 0.29) is 17.7 Å². The van der Waals surface area contributed by atoms with Gasteiger partial charge in [-0.05, 0) is 56.4 Å². The maximum Gasteiger partial charge on any atom is 0.229 e. The third kappa shape index (κ3) is 8.78. The molecular weight excluding hydrogens is 739 g/mol. The van der Waals surface area contributed by atoms with Crippen molar-refractivity contribution in [3.05, 3.63) is 144 Å². The van der Waals surface area contributed by atoms with E-state index in [1.807, 2.05) is 69.3 Å². The molecule has 0 radical (unpaired) electrons. The number of aliphatic hydroxyl groups is 2. The molecule has 3 atom stereocenters. The van der Waals surface area contributed by atoms with Crippen molar-refractivity contribution in [3.63, 3.8) is 0 Å². The summed E-state index contributed by atoms with van der Waals surface area (Å²) in [5.41, 5.74) is 2.15. The Kier molecular flexibility index (Phi) is 11.8. The lowest BCUT2D eigenvalue weighted by molar-refractivity contribution is -0.137. The highest BCUT2D eigenvalue weighted by Crippen LogP contribution is 2.39. The van der Waals surface area contributed by atoms with Crippen LogP contribution in [0.5, 0.6) is 0 Å². The third-order valence-corrected chi connectivity index (χ3v) is 10.7. The fraction of sp³-hybridized carbons (Fsp3) is 0.304. The second-order valence-electron chi connectivity index (χ2n) is 16.8. The quantitative estimate of drug-likeness (QED) is 0.0688.